The molecule has 0 unspecified atom stereocenters. The molecule has 0 atom stereocenters. The lowest BCUT2D eigenvalue weighted by Crippen LogP contribution is -2.07. The van der Waals surface area contributed by atoms with Crippen LogP contribution >= 0.6 is 11.6 Å². The van der Waals surface area contributed by atoms with E-state index in [1.807, 2.05) is 42.5 Å². The van der Waals surface area contributed by atoms with Gasteiger partial charge in [-0.1, -0.05) is 29.8 Å². The van der Waals surface area contributed by atoms with Crippen molar-refractivity contribution in [2.75, 3.05) is 7.11 Å². The van der Waals surface area contributed by atoms with Crippen molar-refractivity contribution >= 4 is 39.4 Å². The van der Waals surface area contributed by atoms with E-state index in [1.54, 1.807) is 0 Å². The van der Waals surface area contributed by atoms with Crippen molar-refractivity contribution in [2.24, 2.45) is 0 Å². The molecule has 0 bridgehead atoms. The molecule has 0 aliphatic heterocycles. The number of aromatic amines is 1. The summed E-state index contributed by atoms with van der Waals surface area (Å²) < 4.78 is 11.3. The first-order valence-electron chi connectivity index (χ1n) is 8.60. The molecule has 142 valence electrons. The van der Waals surface area contributed by atoms with Crippen molar-refractivity contribution in [3.05, 3.63) is 70.5 Å². The van der Waals surface area contributed by atoms with E-state index >= 15 is 0 Å². The predicted molar refractivity (Wildman–Crippen MR) is 107 cm³/mol. The molecule has 2 heterocycles. The SMILES string of the molecule is COCc1c(C(=O)O)ncc2[nH]c3cccc(OCc4ccc(Cl)cc4)c3c12. The zero-order valence-electron chi connectivity index (χ0n) is 15.0. The van der Waals surface area contributed by atoms with Gasteiger partial charge < -0.3 is 19.6 Å². The molecular weight excluding hydrogens is 380 g/mol. The zero-order valence-corrected chi connectivity index (χ0v) is 15.8. The predicted octanol–water partition coefficient (Wildman–Crippen LogP) is 4.79. The average Bonchev–Trinajstić information content (AvgIpc) is 3.07. The third kappa shape index (κ3) is 3.28. The molecule has 0 amide bonds. The summed E-state index contributed by atoms with van der Waals surface area (Å²) in [6.45, 7) is 0.490. The fourth-order valence-corrected chi connectivity index (χ4v) is 3.43. The van der Waals surface area contributed by atoms with Crippen molar-refractivity contribution < 1.29 is 19.4 Å². The van der Waals surface area contributed by atoms with Gasteiger partial charge in [0.2, 0.25) is 0 Å². The van der Waals surface area contributed by atoms with Crippen molar-refractivity contribution in [2.45, 2.75) is 13.2 Å². The second-order valence-electron chi connectivity index (χ2n) is 6.33. The first-order chi connectivity index (χ1) is 13.6. The van der Waals surface area contributed by atoms with Gasteiger partial charge in [-0.15, -0.1) is 0 Å². The van der Waals surface area contributed by atoms with E-state index in [-0.39, 0.29) is 12.3 Å². The largest absolute Gasteiger partial charge is 0.488 e. The standard InChI is InChI=1S/C21H17ClN2O4/c1-27-11-14-18-16(9-23-20(14)21(25)26)24-15-3-2-4-17(19(15)18)28-10-12-5-7-13(22)8-6-12/h2-9,24H,10-11H2,1H3,(H,25,26). The summed E-state index contributed by atoms with van der Waals surface area (Å²) in [5.41, 5.74) is 3.04. The Hall–Kier alpha value is -3.09. The number of carbonyl (C=O) groups is 1. The first-order valence-corrected chi connectivity index (χ1v) is 8.98. The van der Waals surface area contributed by atoms with Gasteiger partial charge in [0.05, 0.1) is 23.8 Å². The van der Waals surface area contributed by atoms with Crippen molar-refractivity contribution in [1.82, 2.24) is 9.97 Å². The summed E-state index contributed by atoms with van der Waals surface area (Å²) in [4.78, 5) is 19.0. The highest BCUT2D eigenvalue weighted by molar-refractivity contribution is 6.30. The van der Waals surface area contributed by atoms with Gasteiger partial charge >= 0.3 is 5.97 Å². The molecule has 2 N–H and O–H groups in total. The number of ether oxygens (including phenoxy) is 2. The van der Waals surface area contributed by atoms with Crippen LogP contribution in [-0.4, -0.2) is 28.2 Å². The third-order valence-electron chi connectivity index (χ3n) is 4.52. The van der Waals surface area contributed by atoms with E-state index in [0.29, 0.717) is 22.9 Å². The molecule has 0 aliphatic rings. The van der Waals surface area contributed by atoms with E-state index in [0.717, 1.165) is 27.4 Å². The number of benzene rings is 2. The zero-order chi connectivity index (χ0) is 19.7. The lowest BCUT2D eigenvalue weighted by Gasteiger charge is -2.10. The monoisotopic (exact) mass is 396 g/mol. The number of hydrogen-bond acceptors (Lipinski definition) is 4. The molecule has 0 radical (unpaired) electrons. The highest BCUT2D eigenvalue weighted by Crippen LogP contribution is 2.36. The number of nitrogens with zero attached hydrogens (tertiary/aromatic N) is 1. The van der Waals surface area contributed by atoms with Gasteiger partial charge in [-0.25, -0.2) is 9.78 Å². The van der Waals surface area contributed by atoms with Crippen LogP contribution in [0.1, 0.15) is 21.6 Å². The third-order valence-corrected chi connectivity index (χ3v) is 4.78. The molecule has 2 aromatic heterocycles. The summed E-state index contributed by atoms with van der Waals surface area (Å²) in [7, 11) is 1.53. The summed E-state index contributed by atoms with van der Waals surface area (Å²) in [6.07, 6.45) is 1.53. The Balaban J connectivity index is 1.85. The van der Waals surface area contributed by atoms with Crippen LogP contribution in [0.5, 0.6) is 5.75 Å². The van der Waals surface area contributed by atoms with Crippen LogP contribution in [0.25, 0.3) is 21.8 Å². The number of hydrogen-bond donors (Lipinski definition) is 2. The molecule has 0 saturated carbocycles. The number of methoxy groups -OCH3 is 1. The number of H-pyrrole nitrogens is 1. The molecule has 2 aromatic carbocycles. The van der Waals surface area contributed by atoms with Crippen LogP contribution in [0.3, 0.4) is 0 Å². The van der Waals surface area contributed by atoms with E-state index in [4.69, 9.17) is 21.1 Å². The highest BCUT2D eigenvalue weighted by Gasteiger charge is 2.20. The number of halogens is 1. The number of aromatic carboxylic acids is 1. The number of rotatable bonds is 6. The molecule has 0 spiro atoms. The minimum atomic E-state index is -1.09. The minimum Gasteiger partial charge on any atom is -0.488 e. The Labute approximate surface area is 165 Å². The lowest BCUT2D eigenvalue weighted by atomic mass is 10.1. The summed E-state index contributed by atoms with van der Waals surface area (Å²) >= 11 is 5.93. The van der Waals surface area contributed by atoms with Crippen molar-refractivity contribution in [3.8, 4) is 5.75 Å². The minimum absolute atomic E-state index is 0.0252. The van der Waals surface area contributed by atoms with Gasteiger partial charge in [-0.05, 0) is 29.8 Å². The molecule has 6 nitrogen and oxygen atoms in total. The smallest absolute Gasteiger partial charge is 0.354 e. The molecule has 0 fully saturated rings. The number of carboxylic acids is 1. The van der Waals surface area contributed by atoms with Crippen LogP contribution in [0.2, 0.25) is 5.02 Å². The van der Waals surface area contributed by atoms with Crippen LogP contribution in [0, 0.1) is 0 Å². The number of pyridine rings is 1. The molecular formula is C21H17ClN2O4. The van der Waals surface area contributed by atoms with E-state index in [9.17, 15) is 9.90 Å². The topological polar surface area (TPSA) is 84.4 Å². The average molecular weight is 397 g/mol. The maximum absolute atomic E-state index is 11.7. The molecule has 0 aliphatic carbocycles. The fourth-order valence-electron chi connectivity index (χ4n) is 3.30. The second-order valence-corrected chi connectivity index (χ2v) is 6.77. The van der Waals surface area contributed by atoms with E-state index in [2.05, 4.69) is 9.97 Å². The van der Waals surface area contributed by atoms with Gasteiger partial charge in [0.1, 0.15) is 12.4 Å². The number of carboxylic acid groups (broad SMARTS) is 1. The Morgan fingerprint density at radius 2 is 1.89 bits per heavy atom. The molecule has 4 rings (SSSR count). The Bertz CT molecular complexity index is 1170. The lowest BCUT2D eigenvalue weighted by molar-refractivity contribution is 0.0685. The second kappa shape index (κ2) is 7.50. The number of nitrogens with one attached hydrogen (secondary N) is 1. The first kappa shape index (κ1) is 18.3. The van der Waals surface area contributed by atoms with E-state index in [1.165, 1.54) is 13.3 Å². The highest BCUT2D eigenvalue weighted by atomic mass is 35.5. The normalized spacial score (nSPS) is 11.2. The van der Waals surface area contributed by atoms with Crippen LogP contribution in [0.15, 0.2) is 48.7 Å². The quantitative estimate of drug-likeness (QED) is 0.489. The molecule has 4 aromatic rings. The molecule has 28 heavy (non-hydrogen) atoms. The maximum Gasteiger partial charge on any atom is 0.354 e. The van der Waals surface area contributed by atoms with Gasteiger partial charge in [-0.3, -0.25) is 0 Å². The summed E-state index contributed by atoms with van der Waals surface area (Å²) in [5.74, 6) is -0.443. The van der Waals surface area contributed by atoms with Crippen LogP contribution in [-0.2, 0) is 18.0 Å². The fraction of sp³-hybridized carbons (Fsp3) is 0.143. The van der Waals surface area contributed by atoms with Crippen molar-refractivity contribution in [1.29, 1.82) is 0 Å². The van der Waals surface area contributed by atoms with Gasteiger partial charge in [0.25, 0.3) is 0 Å². The van der Waals surface area contributed by atoms with Gasteiger partial charge in [0, 0.05) is 28.5 Å². The van der Waals surface area contributed by atoms with Gasteiger partial charge in [-0.2, -0.15) is 0 Å². The Morgan fingerprint density at radius 3 is 2.61 bits per heavy atom. The molecule has 0 saturated heterocycles. The van der Waals surface area contributed by atoms with Crippen LogP contribution in [0.4, 0.5) is 0 Å². The summed E-state index contributed by atoms with van der Waals surface area (Å²) in [6, 6.07) is 13.1. The summed E-state index contributed by atoms with van der Waals surface area (Å²) in [5, 5.41) is 11.8. The van der Waals surface area contributed by atoms with Crippen LogP contribution < -0.4 is 4.74 Å². The van der Waals surface area contributed by atoms with Crippen molar-refractivity contribution in [3.63, 3.8) is 0 Å². The number of fused-ring (bicyclic) bond motifs is 3. The number of aromatic nitrogens is 2. The Kier molecular flexibility index (Phi) is 4.90. The molecule has 7 heteroatoms. The van der Waals surface area contributed by atoms with Gasteiger partial charge in [0.15, 0.2) is 5.69 Å². The Morgan fingerprint density at radius 1 is 1.11 bits per heavy atom. The maximum atomic E-state index is 11.7. The van der Waals surface area contributed by atoms with E-state index < -0.39 is 5.97 Å².